The van der Waals surface area contributed by atoms with E-state index in [1.54, 1.807) is 12.1 Å². The Morgan fingerprint density at radius 1 is 1.33 bits per heavy atom. The summed E-state index contributed by atoms with van der Waals surface area (Å²) in [6.45, 7) is 0. The highest BCUT2D eigenvalue weighted by Gasteiger charge is 2.23. The van der Waals surface area contributed by atoms with Gasteiger partial charge in [-0.25, -0.2) is 15.2 Å². The number of halogens is 1. The molecule has 0 bridgehead atoms. The average Bonchev–Trinajstić information content (AvgIpc) is 2.73. The number of hydrogen-bond donors (Lipinski definition) is 3. The Balaban J connectivity index is 2.11. The van der Waals surface area contributed by atoms with Crippen molar-refractivity contribution < 1.29 is 19.6 Å². The van der Waals surface area contributed by atoms with Crippen molar-refractivity contribution in [2.24, 2.45) is 5.10 Å². The molecule has 0 radical (unpaired) electrons. The maximum absolute atomic E-state index is 12.6. The van der Waals surface area contributed by atoms with E-state index in [0.29, 0.717) is 16.1 Å². The van der Waals surface area contributed by atoms with E-state index in [-0.39, 0.29) is 22.7 Å². The molecular formula is C18H14ClN5O6. The Kier molecular flexibility index (Phi) is 6.04. The fraction of sp³-hybridized carbons (Fsp3) is 0.111. The van der Waals surface area contributed by atoms with Gasteiger partial charge in [0.15, 0.2) is 5.69 Å². The monoisotopic (exact) mass is 431 g/mol. The zero-order chi connectivity index (χ0) is 21.8. The van der Waals surface area contributed by atoms with E-state index in [1.165, 1.54) is 30.3 Å². The molecule has 0 spiro atoms. The minimum atomic E-state index is -1.54. The molecule has 1 aromatic heterocycles. The van der Waals surface area contributed by atoms with Gasteiger partial charge in [0.2, 0.25) is 0 Å². The van der Waals surface area contributed by atoms with Crippen LogP contribution in [0.3, 0.4) is 0 Å². The van der Waals surface area contributed by atoms with Crippen LogP contribution in [0.2, 0.25) is 5.02 Å². The summed E-state index contributed by atoms with van der Waals surface area (Å²) in [5.41, 5.74) is 1.49. The van der Waals surface area contributed by atoms with Gasteiger partial charge in [0.05, 0.1) is 23.1 Å². The molecule has 0 aliphatic rings. The summed E-state index contributed by atoms with van der Waals surface area (Å²) in [5, 5.41) is 25.8. The number of aliphatic hydroxyl groups is 1. The molecule has 0 aliphatic heterocycles. The SMILES string of the molecule is COC(=O)N/N=C(\c1nc2ccc(Cl)cc2[nH]c1=O)C(O)c1ccc([N+](=O)[O-])cc1. The van der Waals surface area contributed by atoms with Crippen LogP contribution in [0, 0.1) is 10.1 Å². The third-order valence-electron chi connectivity index (χ3n) is 4.03. The van der Waals surface area contributed by atoms with Crippen LogP contribution in [0.4, 0.5) is 10.5 Å². The molecule has 3 N–H and O–H groups in total. The number of nitro benzene ring substituents is 1. The Labute approximate surface area is 173 Å². The minimum Gasteiger partial charge on any atom is -0.452 e. The number of fused-ring (bicyclic) bond motifs is 1. The molecule has 12 heteroatoms. The predicted octanol–water partition coefficient (Wildman–Crippen LogP) is 2.28. The van der Waals surface area contributed by atoms with Crippen LogP contribution in [-0.2, 0) is 4.74 Å². The number of nitrogens with one attached hydrogen (secondary N) is 2. The number of H-pyrrole nitrogens is 1. The highest BCUT2D eigenvalue weighted by atomic mass is 35.5. The van der Waals surface area contributed by atoms with Crippen molar-refractivity contribution >= 4 is 40.1 Å². The van der Waals surface area contributed by atoms with Crippen LogP contribution in [-0.4, -0.2) is 38.9 Å². The number of aromatic nitrogens is 2. The zero-order valence-electron chi connectivity index (χ0n) is 15.3. The number of nitrogens with zero attached hydrogens (tertiary/aromatic N) is 3. The molecule has 1 amide bonds. The number of benzene rings is 2. The number of nitro groups is 1. The van der Waals surface area contributed by atoms with Gasteiger partial charge in [0.1, 0.15) is 11.8 Å². The van der Waals surface area contributed by atoms with Crippen molar-refractivity contribution in [3.63, 3.8) is 0 Å². The van der Waals surface area contributed by atoms with Crippen molar-refractivity contribution in [3.8, 4) is 0 Å². The fourth-order valence-corrected chi connectivity index (χ4v) is 2.74. The van der Waals surface area contributed by atoms with Gasteiger partial charge in [-0.05, 0) is 35.9 Å². The van der Waals surface area contributed by atoms with Crippen LogP contribution in [0.15, 0.2) is 52.4 Å². The average molecular weight is 432 g/mol. The minimum absolute atomic E-state index is 0.184. The first-order valence-corrected chi connectivity index (χ1v) is 8.72. The van der Waals surface area contributed by atoms with Crippen LogP contribution >= 0.6 is 11.6 Å². The van der Waals surface area contributed by atoms with Gasteiger partial charge in [-0.2, -0.15) is 5.10 Å². The number of non-ortho nitro benzene ring substituents is 1. The van der Waals surface area contributed by atoms with E-state index in [1.807, 2.05) is 5.43 Å². The number of methoxy groups -OCH3 is 1. The highest BCUT2D eigenvalue weighted by Crippen LogP contribution is 2.22. The third-order valence-corrected chi connectivity index (χ3v) is 4.26. The van der Waals surface area contributed by atoms with Crippen molar-refractivity contribution in [3.05, 3.63) is 79.2 Å². The lowest BCUT2D eigenvalue weighted by Crippen LogP contribution is -2.29. The van der Waals surface area contributed by atoms with E-state index in [4.69, 9.17) is 11.6 Å². The number of carbonyl (C=O) groups excluding carboxylic acids is 1. The number of ether oxygens (including phenoxy) is 1. The second kappa shape index (κ2) is 8.68. The number of aromatic amines is 1. The van der Waals surface area contributed by atoms with Crippen molar-refractivity contribution in [1.29, 1.82) is 0 Å². The number of hydrazone groups is 1. The molecular weight excluding hydrogens is 418 g/mol. The van der Waals surface area contributed by atoms with Gasteiger partial charge in [0.25, 0.3) is 11.2 Å². The predicted molar refractivity (Wildman–Crippen MR) is 108 cm³/mol. The van der Waals surface area contributed by atoms with Crippen molar-refractivity contribution in [2.45, 2.75) is 6.10 Å². The molecule has 30 heavy (non-hydrogen) atoms. The van der Waals surface area contributed by atoms with Crippen LogP contribution in [0.25, 0.3) is 11.0 Å². The van der Waals surface area contributed by atoms with Gasteiger partial charge in [0, 0.05) is 17.2 Å². The molecule has 0 fully saturated rings. The Morgan fingerprint density at radius 2 is 2.03 bits per heavy atom. The number of rotatable bonds is 5. The van der Waals surface area contributed by atoms with E-state index in [2.05, 4.69) is 19.8 Å². The van der Waals surface area contributed by atoms with Gasteiger partial charge < -0.3 is 14.8 Å². The summed E-state index contributed by atoms with van der Waals surface area (Å²) >= 11 is 5.92. The molecule has 154 valence electrons. The summed E-state index contributed by atoms with van der Waals surface area (Å²) < 4.78 is 4.44. The van der Waals surface area contributed by atoms with Gasteiger partial charge in [-0.3, -0.25) is 14.9 Å². The van der Waals surface area contributed by atoms with E-state index in [0.717, 1.165) is 7.11 Å². The van der Waals surface area contributed by atoms with Gasteiger partial charge >= 0.3 is 6.09 Å². The van der Waals surface area contributed by atoms with E-state index in [9.17, 15) is 24.8 Å². The highest BCUT2D eigenvalue weighted by molar-refractivity contribution is 6.31. The normalized spacial score (nSPS) is 12.4. The molecule has 1 atom stereocenters. The lowest BCUT2D eigenvalue weighted by molar-refractivity contribution is -0.384. The van der Waals surface area contributed by atoms with Crippen LogP contribution in [0.1, 0.15) is 17.4 Å². The number of carbonyl (C=O) groups is 1. The summed E-state index contributed by atoms with van der Waals surface area (Å²) in [4.78, 5) is 41.1. The largest absolute Gasteiger partial charge is 0.452 e. The van der Waals surface area contributed by atoms with Gasteiger partial charge in [-0.15, -0.1) is 0 Å². The Hall–Kier alpha value is -3.83. The van der Waals surface area contributed by atoms with Gasteiger partial charge in [-0.1, -0.05) is 11.6 Å². The summed E-state index contributed by atoms with van der Waals surface area (Å²) in [5.74, 6) is 0. The van der Waals surface area contributed by atoms with Crippen molar-refractivity contribution in [1.82, 2.24) is 15.4 Å². The molecule has 0 saturated carbocycles. The second-order valence-corrected chi connectivity index (χ2v) is 6.36. The maximum Gasteiger partial charge on any atom is 0.427 e. The second-order valence-electron chi connectivity index (χ2n) is 5.93. The lowest BCUT2D eigenvalue weighted by Gasteiger charge is -2.14. The van der Waals surface area contributed by atoms with Crippen molar-refractivity contribution in [2.75, 3.05) is 7.11 Å². The standard InChI is InChI=1S/C18H14ClN5O6/c1-30-18(27)23-22-14(16(25)9-2-5-11(6-3-9)24(28)29)15-17(26)21-13-8-10(19)4-7-12(13)20-15/h2-8,16,25H,1H3,(H,21,26)(H,23,27)/b22-14+. The summed E-state index contributed by atoms with van der Waals surface area (Å²) in [6, 6.07) is 9.59. The maximum atomic E-state index is 12.6. The van der Waals surface area contributed by atoms with E-state index >= 15 is 0 Å². The van der Waals surface area contributed by atoms with E-state index < -0.39 is 22.7 Å². The molecule has 2 aromatic carbocycles. The summed E-state index contributed by atoms with van der Waals surface area (Å²) in [7, 11) is 1.11. The molecule has 11 nitrogen and oxygen atoms in total. The molecule has 1 unspecified atom stereocenters. The number of amides is 1. The third kappa shape index (κ3) is 4.42. The zero-order valence-corrected chi connectivity index (χ0v) is 16.1. The molecule has 0 aliphatic carbocycles. The topological polar surface area (TPSA) is 160 Å². The summed E-state index contributed by atoms with van der Waals surface area (Å²) in [6.07, 6.45) is -2.48. The smallest absolute Gasteiger partial charge is 0.427 e. The molecule has 1 heterocycles. The molecule has 3 aromatic rings. The lowest BCUT2D eigenvalue weighted by atomic mass is 10.0. The number of aliphatic hydroxyl groups excluding tert-OH is 1. The Bertz CT molecular complexity index is 1210. The molecule has 0 saturated heterocycles. The van der Waals surface area contributed by atoms with Crippen LogP contribution in [0.5, 0.6) is 0 Å². The Morgan fingerprint density at radius 3 is 2.67 bits per heavy atom. The first-order chi connectivity index (χ1) is 14.3. The first-order valence-electron chi connectivity index (χ1n) is 8.34. The van der Waals surface area contributed by atoms with Crippen LogP contribution < -0.4 is 11.0 Å². The molecule has 3 rings (SSSR count). The number of hydrogen-bond acceptors (Lipinski definition) is 8. The quantitative estimate of drug-likeness (QED) is 0.317. The fourth-order valence-electron chi connectivity index (χ4n) is 2.56. The first kappa shape index (κ1) is 20.9.